The van der Waals surface area contributed by atoms with E-state index >= 15 is 0 Å². The fraction of sp³-hybridized carbons (Fsp3) is 0.253. The van der Waals surface area contributed by atoms with Gasteiger partial charge in [-0.3, -0.25) is 0 Å². The molecule has 12 aromatic rings. The lowest BCUT2D eigenvalue weighted by atomic mass is 10.1. The van der Waals surface area contributed by atoms with Crippen molar-refractivity contribution >= 4 is 31.4 Å². The zero-order valence-electron chi connectivity index (χ0n) is 62.7. The van der Waals surface area contributed by atoms with Crippen molar-refractivity contribution in [2.24, 2.45) is 0 Å². The summed E-state index contributed by atoms with van der Waals surface area (Å²) >= 11 is 0. The van der Waals surface area contributed by atoms with Crippen LogP contribution in [0.1, 0.15) is 163 Å². The molecule has 0 N–H and O–H groups in total. The van der Waals surface area contributed by atoms with E-state index in [4.69, 9.17) is 4.74 Å². The van der Waals surface area contributed by atoms with Gasteiger partial charge in [-0.05, 0) is 98.8 Å². The van der Waals surface area contributed by atoms with E-state index in [1.165, 1.54) is 43.8 Å². The van der Waals surface area contributed by atoms with Crippen LogP contribution in [0.2, 0.25) is 0 Å². The molecule has 12 aromatic carbocycles. The van der Waals surface area contributed by atoms with Gasteiger partial charge in [0.1, 0.15) is 11.5 Å². The number of rotatable bonds is 7. The van der Waals surface area contributed by atoms with Crippen molar-refractivity contribution < 1.29 is 13.2 Å². The summed E-state index contributed by atoms with van der Waals surface area (Å²) in [6.45, 7) is 44.0. The summed E-state index contributed by atoms with van der Waals surface area (Å²) in [5.74, 6) is 1.74. The number of hydrogen-bond donors (Lipinski definition) is 0. The molecule has 4 heteroatoms. The number of ether oxygens (including phenoxy) is 1. The molecule has 95 heavy (non-hydrogen) atoms. The Kier molecular flexibility index (Phi) is 72.0. The second kappa shape index (κ2) is 72.3. The monoisotopic (exact) mass is 1300 g/mol. The van der Waals surface area contributed by atoms with Crippen LogP contribution in [-0.4, -0.2) is 8.42 Å². The fourth-order valence-electron chi connectivity index (χ4n) is 7.40. The minimum Gasteiger partial charge on any atom is -0.457 e. The predicted octanol–water partition coefficient (Wildman–Crippen LogP) is 29.6. The van der Waals surface area contributed by atoms with Crippen LogP contribution in [0.25, 0.3) is 32.7 Å². The average Bonchev–Trinajstić information content (AvgIpc) is 0.886. The fourth-order valence-corrected chi connectivity index (χ4v) is 8.71. The van der Waals surface area contributed by atoms with E-state index in [1.54, 1.807) is 60.7 Å². The molecule has 0 spiro atoms. The van der Waals surface area contributed by atoms with Gasteiger partial charge in [-0.1, -0.05) is 444 Å². The van der Waals surface area contributed by atoms with E-state index in [0.29, 0.717) is 9.79 Å². The van der Waals surface area contributed by atoms with Crippen LogP contribution in [-0.2, 0) is 16.3 Å². The van der Waals surface area contributed by atoms with Gasteiger partial charge in [0.2, 0.25) is 9.84 Å². The first kappa shape index (κ1) is 94.6. The van der Waals surface area contributed by atoms with E-state index in [0.717, 1.165) is 17.9 Å². The summed E-state index contributed by atoms with van der Waals surface area (Å²) in [5, 5.41) is 5.24. The minimum absolute atomic E-state index is 0.330. The molecule has 0 radical (unpaired) electrons. The molecule has 0 amide bonds. The smallest absolute Gasteiger partial charge is 0.206 e. The predicted molar refractivity (Wildman–Crippen MR) is 432 cm³/mol. The molecule has 0 saturated heterocycles. The Morgan fingerprint density at radius 2 is 0.358 bits per heavy atom. The highest BCUT2D eigenvalue weighted by atomic mass is 32.2. The first-order valence-corrected chi connectivity index (χ1v) is 36.7. The summed E-state index contributed by atoms with van der Waals surface area (Å²) in [7, 11) is -3.34. The molecule has 0 aliphatic rings. The maximum atomic E-state index is 12.0. The molecule has 0 aliphatic carbocycles. The Morgan fingerprint density at radius 1 is 0.200 bits per heavy atom. The third kappa shape index (κ3) is 44.2. The molecule has 0 aromatic heterocycles. The Hall–Kier alpha value is -9.09. The summed E-state index contributed by atoms with van der Waals surface area (Å²) in [6.07, 6.45) is 1.03. The van der Waals surface area contributed by atoms with Crippen molar-refractivity contribution in [1.82, 2.24) is 0 Å². The lowest BCUT2D eigenvalue weighted by Gasteiger charge is -2.03. The van der Waals surface area contributed by atoms with Crippen molar-refractivity contribution in [3.63, 3.8) is 0 Å². The van der Waals surface area contributed by atoms with Gasteiger partial charge < -0.3 is 4.74 Å². The number of hydrogen-bond acceptors (Lipinski definition) is 3. The zero-order chi connectivity index (χ0) is 72.4. The van der Waals surface area contributed by atoms with Crippen molar-refractivity contribution in [3.8, 4) is 22.6 Å². The lowest BCUT2D eigenvalue weighted by molar-refractivity contribution is 0.482. The molecule has 0 aliphatic heterocycles. The number of sulfone groups is 1. The Balaban J connectivity index is -0.000000323. The first-order valence-electron chi connectivity index (χ1n) is 35.2. The van der Waals surface area contributed by atoms with Crippen LogP contribution in [0, 0.1) is 0 Å². The molecule has 12 rings (SSSR count). The van der Waals surface area contributed by atoms with Crippen molar-refractivity contribution in [2.45, 2.75) is 169 Å². The SMILES string of the molecule is CC.CC.CC.CC.CC.CC.CC.CC.CC.CC.CC.O=S(=O)(c1ccccc1)c1ccccc1.c1ccc(-c2ccccc2)cc1.c1ccc(Cc2ccccc2)cc1.c1ccc(Oc2ccccc2)cc1.c1ccc2ccccc2c1.c1ccc2ccccc2c1. The molecule has 0 bridgehead atoms. The van der Waals surface area contributed by atoms with E-state index in [-0.39, 0.29) is 0 Å². The average molecular weight is 1300 g/mol. The zero-order valence-corrected chi connectivity index (χ0v) is 63.5. The van der Waals surface area contributed by atoms with Crippen molar-refractivity contribution in [2.75, 3.05) is 0 Å². The van der Waals surface area contributed by atoms with Gasteiger partial charge in [0.05, 0.1) is 9.79 Å². The molecule has 3 nitrogen and oxygen atoms in total. The third-order valence-corrected chi connectivity index (χ3v) is 12.9. The van der Waals surface area contributed by atoms with E-state index in [9.17, 15) is 8.42 Å². The quantitative estimate of drug-likeness (QED) is 0.160. The molecular weight excluding hydrogens is 1170 g/mol. The maximum absolute atomic E-state index is 12.0. The van der Waals surface area contributed by atoms with E-state index < -0.39 is 9.84 Å². The second-order valence-electron chi connectivity index (χ2n) is 16.4. The normalized spacial score (nSPS) is 8.44. The van der Waals surface area contributed by atoms with Crippen LogP contribution < -0.4 is 4.74 Å². The van der Waals surface area contributed by atoms with Crippen LogP contribution >= 0.6 is 0 Å². The van der Waals surface area contributed by atoms with Crippen LogP contribution in [0.15, 0.2) is 350 Å². The maximum Gasteiger partial charge on any atom is 0.206 e. The summed E-state index contributed by atoms with van der Waals surface area (Å²) in [6, 6.07) is 112. The van der Waals surface area contributed by atoms with Gasteiger partial charge in [0, 0.05) is 0 Å². The molecule has 0 saturated carbocycles. The van der Waals surface area contributed by atoms with Gasteiger partial charge in [-0.2, -0.15) is 0 Å². The minimum atomic E-state index is -3.34. The van der Waals surface area contributed by atoms with Gasteiger partial charge in [0.15, 0.2) is 0 Å². The molecule has 512 valence electrons. The molecule has 0 atom stereocenters. The first-order chi connectivity index (χ1) is 47.0. The van der Waals surface area contributed by atoms with E-state index in [1.807, 2.05) is 225 Å². The van der Waals surface area contributed by atoms with Crippen molar-refractivity contribution in [3.05, 3.63) is 351 Å². The van der Waals surface area contributed by atoms with Crippen LogP contribution in [0.4, 0.5) is 0 Å². The Bertz CT molecular complexity index is 3040. The Morgan fingerprint density at radius 3 is 0.558 bits per heavy atom. The van der Waals surface area contributed by atoms with Crippen molar-refractivity contribution in [1.29, 1.82) is 0 Å². The van der Waals surface area contributed by atoms with Crippen LogP contribution in [0.5, 0.6) is 11.5 Å². The van der Waals surface area contributed by atoms with Gasteiger partial charge >= 0.3 is 0 Å². The highest BCUT2D eigenvalue weighted by Crippen LogP contribution is 2.22. The molecule has 0 fully saturated rings. The van der Waals surface area contributed by atoms with Gasteiger partial charge in [-0.15, -0.1) is 0 Å². The second-order valence-corrected chi connectivity index (χ2v) is 18.4. The van der Waals surface area contributed by atoms with E-state index in [2.05, 4.69) is 206 Å². The molecular formula is C91H124O3S. The molecule has 0 unspecified atom stereocenters. The number of benzene rings is 12. The Labute approximate surface area is 583 Å². The standard InChI is InChI=1S/C13H12.C12H10O2S.C12H10O.C12H10.2C10H8.11C2H6/c1-3-7-12(8-4-1)11-13-9-5-2-6-10-13;13-15(14,11-7-3-1-4-8-11)12-9-5-2-6-10-12;1-3-7-11(8-4-1)13-12-9-5-2-6-10-12;1-3-7-11(8-4-1)12-9-5-2-6-10-12;2*1-2-6-10-8-4-3-7-9(10)5-1;11*1-2/h1-10H,11H2;1-10H;1-10H;1-10H;2*1-8H;11*1-2H3. The molecule has 0 heterocycles. The largest absolute Gasteiger partial charge is 0.457 e. The summed E-state index contributed by atoms with van der Waals surface area (Å²) in [5.41, 5.74) is 5.29. The lowest BCUT2D eigenvalue weighted by Crippen LogP contribution is -2.00. The highest BCUT2D eigenvalue weighted by Gasteiger charge is 2.15. The van der Waals surface area contributed by atoms with Crippen LogP contribution in [0.3, 0.4) is 0 Å². The number of fused-ring (bicyclic) bond motifs is 2. The topological polar surface area (TPSA) is 43.4 Å². The third-order valence-electron chi connectivity index (χ3n) is 11.1. The summed E-state index contributed by atoms with van der Waals surface area (Å²) in [4.78, 5) is 0.660. The summed E-state index contributed by atoms with van der Waals surface area (Å²) < 4.78 is 29.6. The van der Waals surface area contributed by atoms with Gasteiger partial charge in [0.25, 0.3) is 0 Å². The number of para-hydroxylation sites is 2. The highest BCUT2D eigenvalue weighted by molar-refractivity contribution is 7.91. The van der Waals surface area contributed by atoms with Gasteiger partial charge in [-0.25, -0.2) is 8.42 Å².